The van der Waals surface area contributed by atoms with E-state index >= 15 is 0 Å². The van der Waals surface area contributed by atoms with Crippen molar-refractivity contribution in [3.8, 4) is 10.4 Å². The highest BCUT2D eigenvalue weighted by atomic mass is 32.1. The van der Waals surface area contributed by atoms with E-state index in [4.69, 9.17) is 4.42 Å². The number of aromatic nitrogens is 1. The highest BCUT2D eigenvalue weighted by Gasteiger charge is 2.09. The molecule has 1 amide bonds. The van der Waals surface area contributed by atoms with Gasteiger partial charge in [-0.25, -0.2) is 9.37 Å². The Balaban J connectivity index is 1.59. The van der Waals surface area contributed by atoms with Gasteiger partial charge in [0.1, 0.15) is 11.6 Å². The lowest BCUT2D eigenvalue weighted by Gasteiger charge is -2.00. The predicted octanol–water partition coefficient (Wildman–Crippen LogP) is 4.11. The third kappa shape index (κ3) is 3.59. The molecular weight excluding hydrogens is 303 g/mol. The smallest absolute Gasteiger partial charge is 0.226 e. The van der Waals surface area contributed by atoms with Gasteiger partial charge in [-0.05, 0) is 29.8 Å². The van der Waals surface area contributed by atoms with E-state index in [9.17, 15) is 9.18 Å². The fourth-order valence-corrected chi connectivity index (χ4v) is 2.79. The maximum absolute atomic E-state index is 12.9. The van der Waals surface area contributed by atoms with Crippen molar-refractivity contribution in [1.82, 2.24) is 4.98 Å². The fourth-order valence-electron chi connectivity index (χ4n) is 1.95. The monoisotopic (exact) mass is 316 g/mol. The van der Waals surface area contributed by atoms with Crippen molar-refractivity contribution in [3.63, 3.8) is 0 Å². The topological polar surface area (TPSA) is 55.1 Å². The molecule has 0 saturated heterocycles. The molecule has 0 atom stereocenters. The summed E-state index contributed by atoms with van der Waals surface area (Å²) in [5, 5.41) is 3.29. The Kier molecular flexibility index (Phi) is 4.29. The molecule has 112 valence electrons. The van der Waals surface area contributed by atoms with Gasteiger partial charge in [0.2, 0.25) is 5.91 Å². The van der Waals surface area contributed by atoms with Crippen molar-refractivity contribution >= 4 is 22.4 Å². The molecule has 1 N–H and O–H groups in total. The lowest BCUT2D eigenvalue weighted by Crippen LogP contribution is -2.11. The van der Waals surface area contributed by atoms with Crippen LogP contribution in [0.1, 0.15) is 12.2 Å². The Morgan fingerprint density at radius 2 is 2.09 bits per heavy atom. The third-order valence-electron chi connectivity index (χ3n) is 3.06. The van der Waals surface area contributed by atoms with Crippen LogP contribution in [0.2, 0.25) is 0 Å². The first kappa shape index (κ1) is 14.5. The minimum Gasteiger partial charge on any atom is -0.469 e. The number of carbonyl (C=O) groups is 1. The van der Waals surface area contributed by atoms with Gasteiger partial charge < -0.3 is 9.73 Å². The number of anilines is 1. The largest absolute Gasteiger partial charge is 0.469 e. The van der Waals surface area contributed by atoms with Crippen LogP contribution in [0.3, 0.4) is 0 Å². The summed E-state index contributed by atoms with van der Waals surface area (Å²) in [6.45, 7) is 0. The first-order chi connectivity index (χ1) is 10.7. The molecule has 0 aliphatic carbocycles. The van der Waals surface area contributed by atoms with Gasteiger partial charge in [0.15, 0.2) is 5.13 Å². The van der Waals surface area contributed by atoms with Crippen LogP contribution in [0, 0.1) is 5.82 Å². The normalized spacial score (nSPS) is 10.6. The highest BCUT2D eigenvalue weighted by Crippen LogP contribution is 2.29. The van der Waals surface area contributed by atoms with Crippen molar-refractivity contribution in [2.75, 3.05) is 5.32 Å². The lowest BCUT2D eigenvalue weighted by atomic mass is 10.2. The van der Waals surface area contributed by atoms with Crippen molar-refractivity contribution in [2.24, 2.45) is 0 Å². The van der Waals surface area contributed by atoms with Crippen molar-refractivity contribution in [2.45, 2.75) is 12.8 Å². The zero-order chi connectivity index (χ0) is 15.4. The van der Waals surface area contributed by atoms with Gasteiger partial charge >= 0.3 is 0 Å². The number of rotatable bonds is 5. The molecule has 1 aromatic carbocycles. The molecule has 0 fully saturated rings. The second-order valence-corrected chi connectivity index (χ2v) is 5.69. The number of hydrogen-bond acceptors (Lipinski definition) is 4. The summed E-state index contributed by atoms with van der Waals surface area (Å²) < 4.78 is 18.1. The van der Waals surface area contributed by atoms with E-state index in [2.05, 4.69) is 10.3 Å². The molecule has 3 rings (SSSR count). The number of amides is 1. The van der Waals surface area contributed by atoms with Gasteiger partial charge in [0.05, 0.1) is 11.1 Å². The number of hydrogen-bond donors (Lipinski definition) is 1. The van der Waals surface area contributed by atoms with Gasteiger partial charge in [0, 0.05) is 19.0 Å². The molecule has 0 saturated carbocycles. The summed E-state index contributed by atoms with van der Waals surface area (Å²) >= 11 is 1.35. The van der Waals surface area contributed by atoms with Crippen molar-refractivity contribution in [1.29, 1.82) is 0 Å². The summed E-state index contributed by atoms with van der Waals surface area (Å²) in [5.74, 6) is 0.386. The zero-order valence-corrected chi connectivity index (χ0v) is 12.4. The van der Waals surface area contributed by atoms with Crippen molar-refractivity contribution < 1.29 is 13.6 Å². The average Bonchev–Trinajstić information content (AvgIpc) is 3.17. The summed E-state index contributed by atoms with van der Waals surface area (Å²) in [4.78, 5) is 16.9. The number of nitrogens with zero attached hydrogens (tertiary/aromatic N) is 1. The molecule has 0 aliphatic heterocycles. The van der Waals surface area contributed by atoms with E-state index < -0.39 is 0 Å². The minimum atomic E-state index is -0.278. The predicted molar refractivity (Wildman–Crippen MR) is 83.2 cm³/mol. The number of benzene rings is 1. The summed E-state index contributed by atoms with van der Waals surface area (Å²) in [6.07, 6.45) is 4.14. The quantitative estimate of drug-likeness (QED) is 0.770. The number of furan rings is 1. The molecule has 0 spiro atoms. The SMILES string of the molecule is O=C(CCc1ccco1)Nc1ncc(-c2ccc(F)cc2)s1. The number of carbonyl (C=O) groups excluding carboxylic acids is 1. The summed E-state index contributed by atoms with van der Waals surface area (Å²) in [7, 11) is 0. The van der Waals surface area contributed by atoms with Gasteiger partial charge in [-0.15, -0.1) is 0 Å². The maximum atomic E-state index is 12.9. The molecule has 2 aromatic heterocycles. The molecule has 22 heavy (non-hydrogen) atoms. The second-order valence-electron chi connectivity index (χ2n) is 4.66. The molecule has 6 heteroatoms. The van der Waals surface area contributed by atoms with Crippen LogP contribution in [0.15, 0.2) is 53.3 Å². The van der Waals surface area contributed by atoms with Crippen LogP contribution in [0.5, 0.6) is 0 Å². The van der Waals surface area contributed by atoms with E-state index in [1.807, 2.05) is 6.07 Å². The molecule has 3 aromatic rings. The van der Waals surface area contributed by atoms with Gasteiger partial charge in [-0.1, -0.05) is 23.5 Å². The number of aryl methyl sites for hydroxylation is 1. The average molecular weight is 316 g/mol. The van der Waals surface area contributed by atoms with Gasteiger partial charge in [-0.2, -0.15) is 0 Å². The number of halogens is 1. The van der Waals surface area contributed by atoms with Gasteiger partial charge in [-0.3, -0.25) is 4.79 Å². The van der Waals surface area contributed by atoms with Crippen LogP contribution in [0.25, 0.3) is 10.4 Å². The molecule has 0 bridgehead atoms. The lowest BCUT2D eigenvalue weighted by molar-refractivity contribution is -0.116. The Labute approximate surface area is 130 Å². The third-order valence-corrected chi connectivity index (χ3v) is 4.02. The Hall–Kier alpha value is -2.47. The van der Waals surface area contributed by atoms with Crippen molar-refractivity contribution in [3.05, 3.63) is 60.4 Å². The Morgan fingerprint density at radius 3 is 2.82 bits per heavy atom. The first-order valence-corrected chi connectivity index (χ1v) is 7.56. The number of thiazole rings is 1. The molecule has 0 aliphatic rings. The van der Waals surface area contributed by atoms with E-state index in [0.717, 1.165) is 16.2 Å². The van der Waals surface area contributed by atoms with Crippen LogP contribution in [-0.2, 0) is 11.2 Å². The zero-order valence-electron chi connectivity index (χ0n) is 11.6. The summed E-state index contributed by atoms with van der Waals surface area (Å²) in [5.41, 5.74) is 0.870. The second kappa shape index (κ2) is 6.53. The standard InChI is InChI=1S/C16H13FN2O2S/c17-12-5-3-11(4-6-12)14-10-18-16(22-14)19-15(20)8-7-13-2-1-9-21-13/h1-6,9-10H,7-8H2,(H,18,19,20). The van der Waals surface area contributed by atoms with Crippen LogP contribution in [0.4, 0.5) is 9.52 Å². The van der Waals surface area contributed by atoms with Crippen LogP contribution >= 0.6 is 11.3 Å². The molecule has 0 unspecified atom stereocenters. The highest BCUT2D eigenvalue weighted by molar-refractivity contribution is 7.19. The maximum Gasteiger partial charge on any atom is 0.226 e. The van der Waals surface area contributed by atoms with Crippen LogP contribution < -0.4 is 5.32 Å². The Bertz CT molecular complexity index is 751. The molecule has 4 nitrogen and oxygen atoms in total. The molecule has 0 radical (unpaired) electrons. The Morgan fingerprint density at radius 1 is 1.27 bits per heavy atom. The fraction of sp³-hybridized carbons (Fsp3) is 0.125. The van der Waals surface area contributed by atoms with E-state index in [0.29, 0.717) is 18.0 Å². The van der Waals surface area contributed by atoms with Gasteiger partial charge in [0.25, 0.3) is 0 Å². The summed E-state index contributed by atoms with van der Waals surface area (Å²) in [6, 6.07) is 9.80. The molecule has 2 heterocycles. The minimum absolute atomic E-state index is 0.114. The first-order valence-electron chi connectivity index (χ1n) is 6.75. The number of nitrogens with one attached hydrogen (secondary N) is 1. The van der Waals surface area contributed by atoms with Crippen LogP contribution in [-0.4, -0.2) is 10.9 Å². The van der Waals surface area contributed by atoms with E-state index in [1.54, 1.807) is 30.7 Å². The van der Waals surface area contributed by atoms with E-state index in [1.165, 1.54) is 23.5 Å². The molecular formula is C16H13FN2O2S. The van der Waals surface area contributed by atoms with E-state index in [-0.39, 0.29) is 11.7 Å².